The molecule has 0 fully saturated rings. The summed E-state index contributed by atoms with van der Waals surface area (Å²) in [6, 6.07) is 12.0. The topological polar surface area (TPSA) is 17.1 Å². The van der Waals surface area contributed by atoms with Gasteiger partial charge in [-0.15, -0.1) is 0 Å². The summed E-state index contributed by atoms with van der Waals surface area (Å²) in [5.41, 5.74) is 3.97. The van der Waals surface area contributed by atoms with Gasteiger partial charge in [0.15, 0.2) is 5.78 Å². The fourth-order valence-electron chi connectivity index (χ4n) is 2.19. The van der Waals surface area contributed by atoms with Gasteiger partial charge in [-0.2, -0.15) is 0 Å². The molecule has 2 aromatic carbocycles. The quantitative estimate of drug-likeness (QED) is 0.677. The van der Waals surface area contributed by atoms with Crippen LogP contribution in [0, 0.1) is 0 Å². The van der Waals surface area contributed by atoms with Crippen LogP contribution >= 0.6 is 31.9 Å². The zero-order valence-electron chi connectivity index (χ0n) is 8.84. The Morgan fingerprint density at radius 3 is 2.53 bits per heavy atom. The molecule has 84 valence electrons. The molecule has 0 N–H and O–H groups in total. The molecule has 0 amide bonds. The summed E-state index contributed by atoms with van der Waals surface area (Å²) < 4.78 is 2.01. The molecular formula is C14H8Br2O. The average molecular weight is 352 g/mol. The largest absolute Gasteiger partial charge is 0.294 e. The van der Waals surface area contributed by atoms with Gasteiger partial charge in [0.1, 0.15) is 0 Å². The summed E-state index contributed by atoms with van der Waals surface area (Å²) >= 11 is 6.94. The van der Waals surface area contributed by atoms with Crippen molar-refractivity contribution in [2.75, 3.05) is 0 Å². The zero-order valence-corrected chi connectivity index (χ0v) is 12.0. The summed E-state index contributed by atoms with van der Waals surface area (Å²) in [4.78, 5) is 12.1. The van der Waals surface area contributed by atoms with E-state index in [2.05, 4.69) is 37.9 Å². The Bertz CT molecular complexity index is 632. The van der Waals surface area contributed by atoms with Crippen molar-refractivity contribution < 1.29 is 4.79 Å². The fourth-order valence-corrected chi connectivity index (χ4v) is 3.09. The van der Waals surface area contributed by atoms with Crippen molar-refractivity contribution in [2.24, 2.45) is 0 Å². The first kappa shape index (κ1) is 11.2. The normalized spacial score (nSPS) is 13.2. The predicted octanol–water partition coefficient (Wildman–Crippen LogP) is 4.62. The highest BCUT2D eigenvalue weighted by Crippen LogP contribution is 2.33. The maximum Gasteiger partial charge on any atom is 0.167 e. The molecule has 1 aliphatic carbocycles. The summed E-state index contributed by atoms with van der Waals surface area (Å²) in [7, 11) is 0. The van der Waals surface area contributed by atoms with Gasteiger partial charge in [0.05, 0.1) is 0 Å². The Kier molecular flexibility index (Phi) is 2.68. The molecule has 0 aromatic heterocycles. The molecule has 3 heteroatoms. The molecule has 0 unspecified atom stereocenters. The highest BCUT2D eigenvalue weighted by molar-refractivity contribution is 9.10. The molecule has 1 nitrogen and oxygen atoms in total. The van der Waals surface area contributed by atoms with Crippen LogP contribution < -0.4 is 0 Å². The summed E-state index contributed by atoms with van der Waals surface area (Å²) in [5, 5.41) is 0. The lowest BCUT2D eigenvalue weighted by molar-refractivity contribution is 0.0994. The number of fused-ring (bicyclic) bond motifs is 4. The van der Waals surface area contributed by atoms with Crippen LogP contribution in [0.25, 0.3) is 11.1 Å². The average Bonchev–Trinajstić information content (AvgIpc) is 2.35. The molecule has 0 radical (unpaired) electrons. The van der Waals surface area contributed by atoms with Crippen LogP contribution in [0.3, 0.4) is 0 Å². The van der Waals surface area contributed by atoms with Crippen molar-refractivity contribution >= 4 is 37.6 Å². The maximum atomic E-state index is 12.1. The van der Waals surface area contributed by atoms with Gasteiger partial charge in [-0.3, -0.25) is 4.79 Å². The number of ketones is 1. The van der Waals surface area contributed by atoms with E-state index < -0.39 is 0 Å². The third kappa shape index (κ3) is 1.98. The van der Waals surface area contributed by atoms with Crippen LogP contribution in [0.4, 0.5) is 0 Å². The second kappa shape index (κ2) is 4.07. The van der Waals surface area contributed by atoms with Gasteiger partial charge in [0.25, 0.3) is 0 Å². The molecule has 2 aromatic rings. The van der Waals surface area contributed by atoms with Crippen LogP contribution in [0.15, 0.2) is 45.3 Å². The minimum atomic E-state index is 0.181. The van der Waals surface area contributed by atoms with Crippen molar-refractivity contribution in [3.05, 3.63) is 56.5 Å². The number of Topliss-reactive ketones (excluding diaryl/α,β-unsaturated/α-hetero) is 1. The number of hydrogen-bond donors (Lipinski definition) is 0. The monoisotopic (exact) mass is 350 g/mol. The first-order valence-electron chi connectivity index (χ1n) is 5.26. The number of rotatable bonds is 0. The SMILES string of the molecule is O=C1Cc2cc(Br)cc(c2)-c2cc(Br)ccc21. The lowest BCUT2D eigenvalue weighted by Gasteiger charge is -2.06. The van der Waals surface area contributed by atoms with E-state index >= 15 is 0 Å². The third-order valence-electron chi connectivity index (χ3n) is 2.92. The highest BCUT2D eigenvalue weighted by Gasteiger charge is 2.18. The van der Waals surface area contributed by atoms with E-state index in [1.54, 1.807) is 0 Å². The Balaban J connectivity index is 2.35. The van der Waals surface area contributed by atoms with E-state index in [1.807, 2.05) is 30.3 Å². The molecule has 0 saturated carbocycles. The first-order valence-corrected chi connectivity index (χ1v) is 6.85. The van der Waals surface area contributed by atoms with Crippen LogP contribution in [0.1, 0.15) is 15.9 Å². The second-order valence-electron chi connectivity index (χ2n) is 4.14. The van der Waals surface area contributed by atoms with Gasteiger partial charge in [0.2, 0.25) is 0 Å². The van der Waals surface area contributed by atoms with Crippen molar-refractivity contribution in [1.82, 2.24) is 0 Å². The number of hydrogen-bond acceptors (Lipinski definition) is 1. The van der Waals surface area contributed by atoms with E-state index in [4.69, 9.17) is 0 Å². The Morgan fingerprint density at radius 1 is 0.882 bits per heavy atom. The molecule has 2 bridgehead atoms. The molecule has 0 spiro atoms. The van der Waals surface area contributed by atoms with Crippen LogP contribution in [-0.4, -0.2) is 5.78 Å². The number of benzene rings is 2. The fraction of sp³-hybridized carbons (Fsp3) is 0.0714. The highest BCUT2D eigenvalue weighted by atomic mass is 79.9. The molecule has 1 aliphatic rings. The molecule has 3 rings (SSSR count). The summed E-state index contributed by atoms with van der Waals surface area (Å²) in [6.45, 7) is 0. The minimum absolute atomic E-state index is 0.181. The lowest BCUT2D eigenvalue weighted by Crippen LogP contribution is -2.02. The first-order chi connectivity index (χ1) is 8.13. The Morgan fingerprint density at radius 2 is 1.71 bits per heavy atom. The molecule has 0 saturated heterocycles. The van der Waals surface area contributed by atoms with Crippen molar-refractivity contribution in [1.29, 1.82) is 0 Å². The Hall–Kier alpha value is -0.930. The van der Waals surface area contributed by atoms with Crippen molar-refractivity contribution in [3.8, 4) is 11.1 Å². The zero-order chi connectivity index (χ0) is 12.0. The van der Waals surface area contributed by atoms with E-state index in [-0.39, 0.29) is 5.78 Å². The van der Waals surface area contributed by atoms with E-state index in [9.17, 15) is 4.79 Å². The Labute approximate surface area is 116 Å². The van der Waals surface area contributed by atoms with Crippen LogP contribution in [0.2, 0.25) is 0 Å². The van der Waals surface area contributed by atoms with Crippen molar-refractivity contribution in [2.45, 2.75) is 6.42 Å². The van der Waals surface area contributed by atoms with Crippen molar-refractivity contribution in [3.63, 3.8) is 0 Å². The van der Waals surface area contributed by atoms with E-state index in [0.717, 1.165) is 31.2 Å². The van der Waals surface area contributed by atoms with E-state index in [1.165, 1.54) is 0 Å². The lowest BCUT2D eigenvalue weighted by atomic mass is 10.00. The van der Waals surface area contributed by atoms with Gasteiger partial charge in [0, 0.05) is 20.9 Å². The van der Waals surface area contributed by atoms with Gasteiger partial charge < -0.3 is 0 Å². The van der Waals surface area contributed by atoms with Crippen LogP contribution in [-0.2, 0) is 6.42 Å². The molecule has 0 heterocycles. The van der Waals surface area contributed by atoms with E-state index in [0.29, 0.717) is 6.42 Å². The molecule has 0 atom stereocenters. The number of halogens is 2. The molecule has 0 aliphatic heterocycles. The third-order valence-corrected chi connectivity index (χ3v) is 3.87. The molecule has 17 heavy (non-hydrogen) atoms. The van der Waals surface area contributed by atoms with Gasteiger partial charge in [-0.25, -0.2) is 0 Å². The summed E-state index contributed by atoms with van der Waals surface area (Å²) in [6.07, 6.45) is 0.473. The number of carbonyl (C=O) groups excluding carboxylic acids is 1. The standard InChI is InChI=1S/C14H8Br2O/c15-10-1-2-12-13(7-10)9-3-8(5-14(12)17)4-11(16)6-9/h1-4,6-7H,5H2. The number of carbonyl (C=O) groups is 1. The summed E-state index contributed by atoms with van der Waals surface area (Å²) in [5.74, 6) is 0.181. The van der Waals surface area contributed by atoms with Crippen LogP contribution in [0.5, 0.6) is 0 Å². The smallest absolute Gasteiger partial charge is 0.167 e. The van der Waals surface area contributed by atoms with Gasteiger partial charge in [-0.05, 0) is 47.0 Å². The maximum absolute atomic E-state index is 12.1. The molecular weight excluding hydrogens is 344 g/mol. The second-order valence-corrected chi connectivity index (χ2v) is 5.97. The minimum Gasteiger partial charge on any atom is -0.294 e. The van der Waals surface area contributed by atoms with Gasteiger partial charge >= 0.3 is 0 Å². The predicted molar refractivity (Wildman–Crippen MR) is 75.3 cm³/mol. The van der Waals surface area contributed by atoms with Gasteiger partial charge in [-0.1, -0.05) is 37.9 Å².